The van der Waals surface area contributed by atoms with Crippen molar-refractivity contribution in [1.29, 1.82) is 0 Å². The Morgan fingerprint density at radius 1 is 1.00 bits per heavy atom. The van der Waals surface area contributed by atoms with E-state index in [9.17, 15) is 9.59 Å². The quantitative estimate of drug-likeness (QED) is 0.669. The van der Waals surface area contributed by atoms with Crippen LogP contribution in [0.4, 0.5) is 21.4 Å². The highest BCUT2D eigenvalue weighted by atomic mass is 32.1. The van der Waals surface area contributed by atoms with E-state index in [1.165, 1.54) is 24.7 Å². The molecule has 1 aromatic carbocycles. The number of aromatic nitrogens is 3. The molecule has 1 aliphatic rings. The van der Waals surface area contributed by atoms with E-state index in [2.05, 4.69) is 29.9 Å². The Morgan fingerprint density at radius 2 is 1.77 bits per heavy atom. The van der Waals surface area contributed by atoms with Gasteiger partial charge in [-0.05, 0) is 12.1 Å². The average molecular weight is 424 g/mol. The van der Waals surface area contributed by atoms with Crippen molar-refractivity contribution in [3.63, 3.8) is 0 Å². The van der Waals surface area contributed by atoms with Gasteiger partial charge in [0.1, 0.15) is 5.82 Å². The van der Waals surface area contributed by atoms with E-state index < -0.39 is 0 Å². The molecule has 0 aliphatic carbocycles. The average Bonchev–Trinajstić information content (AvgIpc) is 3.26. The number of carbonyl (C=O) groups is 2. The van der Waals surface area contributed by atoms with Crippen LogP contribution in [0.25, 0.3) is 11.4 Å². The molecule has 0 bridgehead atoms. The third-order valence-corrected chi connectivity index (χ3v) is 5.38. The van der Waals surface area contributed by atoms with E-state index in [0.717, 1.165) is 16.5 Å². The summed E-state index contributed by atoms with van der Waals surface area (Å²) in [7, 11) is 0. The maximum absolute atomic E-state index is 12.5. The Kier molecular flexibility index (Phi) is 5.84. The van der Waals surface area contributed by atoms with Gasteiger partial charge in [-0.2, -0.15) is 9.36 Å². The molecule has 4 rings (SSSR count). The summed E-state index contributed by atoms with van der Waals surface area (Å²) >= 11 is 1.38. The zero-order valence-electron chi connectivity index (χ0n) is 16.4. The standard InChI is InChI=1S/C20H21N7O2S/c1-14(28)22-17-8-7-16(13-21-17)23-19(29)26-9-11-27(12-10-26)20-24-18(25-30-20)15-5-3-2-4-6-15/h2-8,13H,9-12H2,1H3,(H,23,29)(H,21,22,28). The number of carbonyl (C=O) groups excluding carboxylic acids is 2. The number of amides is 3. The van der Waals surface area contributed by atoms with Crippen molar-refractivity contribution >= 4 is 40.1 Å². The number of anilines is 3. The highest BCUT2D eigenvalue weighted by Gasteiger charge is 2.23. The van der Waals surface area contributed by atoms with Crippen LogP contribution < -0.4 is 15.5 Å². The van der Waals surface area contributed by atoms with Crippen molar-refractivity contribution in [2.24, 2.45) is 0 Å². The Bertz CT molecular complexity index is 1020. The van der Waals surface area contributed by atoms with E-state index in [1.807, 2.05) is 30.3 Å². The second-order valence-electron chi connectivity index (χ2n) is 6.78. The summed E-state index contributed by atoms with van der Waals surface area (Å²) in [5.74, 6) is 0.982. The second kappa shape index (κ2) is 8.87. The number of hydrogen-bond acceptors (Lipinski definition) is 7. The van der Waals surface area contributed by atoms with Crippen LogP contribution in [-0.4, -0.2) is 57.4 Å². The Balaban J connectivity index is 1.30. The lowest BCUT2D eigenvalue weighted by Gasteiger charge is -2.34. The molecule has 1 aliphatic heterocycles. The van der Waals surface area contributed by atoms with Gasteiger partial charge in [-0.3, -0.25) is 4.79 Å². The third kappa shape index (κ3) is 4.71. The number of benzene rings is 1. The van der Waals surface area contributed by atoms with Gasteiger partial charge in [0.05, 0.1) is 11.9 Å². The smallest absolute Gasteiger partial charge is 0.322 e. The lowest BCUT2D eigenvalue weighted by molar-refractivity contribution is -0.114. The molecule has 0 unspecified atom stereocenters. The molecule has 0 atom stereocenters. The van der Waals surface area contributed by atoms with Crippen LogP contribution in [0.1, 0.15) is 6.92 Å². The maximum Gasteiger partial charge on any atom is 0.322 e. The molecule has 3 amide bonds. The van der Waals surface area contributed by atoms with Gasteiger partial charge in [0.15, 0.2) is 5.82 Å². The molecule has 1 saturated heterocycles. The molecule has 2 aromatic heterocycles. The highest BCUT2D eigenvalue weighted by molar-refractivity contribution is 7.09. The SMILES string of the molecule is CC(=O)Nc1ccc(NC(=O)N2CCN(c3nc(-c4ccccc4)ns3)CC2)cn1. The van der Waals surface area contributed by atoms with E-state index in [1.54, 1.807) is 17.0 Å². The predicted molar refractivity (Wildman–Crippen MR) is 117 cm³/mol. The monoisotopic (exact) mass is 423 g/mol. The predicted octanol–water partition coefficient (Wildman–Crippen LogP) is 2.91. The molecule has 0 radical (unpaired) electrons. The fraction of sp³-hybridized carbons (Fsp3) is 0.250. The molecule has 9 nitrogen and oxygen atoms in total. The molecular weight excluding hydrogens is 402 g/mol. The summed E-state index contributed by atoms with van der Waals surface area (Å²) in [5.41, 5.74) is 1.57. The highest BCUT2D eigenvalue weighted by Crippen LogP contribution is 2.24. The molecular formula is C20H21N7O2S. The van der Waals surface area contributed by atoms with Crippen LogP contribution >= 0.6 is 11.5 Å². The molecule has 10 heteroatoms. The van der Waals surface area contributed by atoms with Gasteiger partial charge in [-0.25, -0.2) is 9.78 Å². The van der Waals surface area contributed by atoms with Crippen LogP contribution in [0, 0.1) is 0 Å². The summed E-state index contributed by atoms with van der Waals surface area (Å²) in [6, 6.07) is 13.1. The van der Waals surface area contributed by atoms with Crippen LogP contribution in [0.2, 0.25) is 0 Å². The van der Waals surface area contributed by atoms with Gasteiger partial charge in [-0.1, -0.05) is 30.3 Å². The maximum atomic E-state index is 12.5. The van der Waals surface area contributed by atoms with Crippen LogP contribution in [0.5, 0.6) is 0 Å². The van der Waals surface area contributed by atoms with E-state index in [4.69, 9.17) is 0 Å². The summed E-state index contributed by atoms with van der Waals surface area (Å²) in [5, 5.41) is 6.30. The number of urea groups is 1. The summed E-state index contributed by atoms with van der Waals surface area (Å²) < 4.78 is 4.46. The van der Waals surface area contributed by atoms with Gasteiger partial charge in [0.2, 0.25) is 11.0 Å². The molecule has 0 saturated carbocycles. The largest absolute Gasteiger partial charge is 0.343 e. The van der Waals surface area contributed by atoms with Gasteiger partial charge >= 0.3 is 6.03 Å². The Morgan fingerprint density at radius 3 is 2.43 bits per heavy atom. The minimum absolute atomic E-state index is 0.175. The molecule has 154 valence electrons. The first-order valence-corrected chi connectivity index (χ1v) is 10.3. The van der Waals surface area contributed by atoms with Gasteiger partial charge < -0.3 is 20.4 Å². The molecule has 30 heavy (non-hydrogen) atoms. The van der Waals surface area contributed by atoms with E-state index >= 15 is 0 Å². The zero-order chi connectivity index (χ0) is 20.9. The number of hydrogen-bond donors (Lipinski definition) is 2. The Hall–Kier alpha value is -3.53. The first-order valence-electron chi connectivity index (χ1n) is 9.52. The van der Waals surface area contributed by atoms with Gasteiger partial charge in [0.25, 0.3) is 0 Å². The van der Waals surface area contributed by atoms with Crippen LogP contribution in [0.3, 0.4) is 0 Å². The third-order valence-electron chi connectivity index (χ3n) is 4.60. The van der Waals surface area contributed by atoms with Crippen molar-refractivity contribution in [2.45, 2.75) is 6.92 Å². The minimum atomic E-state index is -0.191. The summed E-state index contributed by atoms with van der Waals surface area (Å²) in [6.45, 7) is 3.97. The second-order valence-corrected chi connectivity index (χ2v) is 7.51. The molecule has 3 aromatic rings. The topological polar surface area (TPSA) is 103 Å². The number of pyridine rings is 1. The number of rotatable bonds is 4. The summed E-state index contributed by atoms with van der Waals surface area (Å²) in [4.78, 5) is 36.2. The lowest BCUT2D eigenvalue weighted by Crippen LogP contribution is -2.50. The molecule has 2 N–H and O–H groups in total. The number of nitrogens with one attached hydrogen (secondary N) is 2. The first kappa shape index (κ1) is 19.8. The van der Waals surface area contributed by atoms with Crippen molar-refractivity contribution < 1.29 is 9.59 Å². The van der Waals surface area contributed by atoms with Crippen molar-refractivity contribution in [1.82, 2.24) is 19.2 Å². The van der Waals surface area contributed by atoms with Crippen LogP contribution in [0.15, 0.2) is 48.7 Å². The van der Waals surface area contributed by atoms with Gasteiger partial charge in [0, 0.05) is 50.2 Å². The van der Waals surface area contributed by atoms with Crippen molar-refractivity contribution in [3.8, 4) is 11.4 Å². The first-order chi connectivity index (χ1) is 14.6. The zero-order valence-corrected chi connectivity index (χ0v) is 17.2. The minimum Gasteiger partial charge on any atom is -0.343 e. The van der Waals surface area contributed by atoms with Gasteiger partial charge in [-0.15, -0.1) is 0 Å². The van der Waals surface area contributed by atoms with E-state index in [0.29, 0.717) is 37.7 Å². The normalized spacial score (nSPS) is 13.8. The number of piperazine rings is 1. The van der Waals surface area contributed by atoms with Crippen LogP contribution in [-0.2, 0) is 4.79 Å². The molecule has 1 fully saturated rings. The molecule has 0 spiro atoms. The Labute approximate surface area is 177 Å². The fourth-order valence-corrected chi connectivity index (χ4v) is 3.81. The summed E-state index contributed by atoms with van der Waals surface area (Å²) in [6.07, 6.45) is 1.52. The fourth-order valence-electron chi connectivity index (χ4n) is 3.07. The number of nitrogens with zero attached hydrogens (tertiary/aromatic N) is 5. The van der Waals surface area contributed by atoms with Crippen molar-refractivity contribution in [3.05, 3.63) is 48.7 Å². The molecule has 3 heterocycles. The van der Waals surface area contributed by atoms with Crippen molar-refractivity contribution in [2.75, 3.05) is 41.7 Å². The van der Waals surface area contributed by atoms with E-state index in [-0.39, 0.29) is 11.9 Å². The lowest BCUT2D eigenvalue weighted by atomic mass is 10.2.